The molecule has 20 heavy (non-hydrogen) atoms. The molecule has 112 valence electrons. The van der Waals surface area contributed by atoms with Gasteiger partial charge in [-0.15, -0.1) is 0 Å². The summed E-state index contributed by atoms with van der Waals surface area (Å²) in [5.74, 6) is 0.910. The molecular weight excluding hydrogens is 256 g/mol. The molecule has 3 rings (SSSR count). The van der Waals surface area contributed by atoms with Crippen LogP contribution in [-0.4, -0.2) is 42.1 Å². The highest BCUT2D eigenvalue weighted by atomic mass is 16.5. The SMILES string of the molecule is CC1CCCC2(C1)C(=O)NC(=O)N2CC1CCOCC1. The average molecular weight is 280 g/mol. The lowest BCUT2D eigenvalue weighted by Gasteiger charge is -2.42. The summed E-state index contributed by atoms with van der Waals surface area (Å²) < 4.78 is 5.38. The highest BCUT2D eigenvalue weighted by Crippen LogP contribution is 2.40. The quantitative estimate of drug-likeness (QED) is 0.786. The third kappa shape index (κ3) is 2.32. The molecule has 2 saturated heterocycles. The van der Waals surface area contributed by atoms with Crippen LogP contribution < -0.4 is 5.32 Å². The number of hydrogen-bond acceptors (Lipinski definition) is 3. The summed E-state index contributed by atoms with van der Waals surface area (Å²) in [6.45, 7) is 4.44. The number of imide groups is 1. The first-order chi connectivity index (χ1) is 9.62. The second kappa shape index (κ2) is 5.35. The molecule has 2 unspecified atom stereocenters. The van der Waals surface area contributed by atoms with Crippen LogP contribution in [0.25, 0.3) is 0 Å². The topological polar surface area (TPSA) is 58.6 Å². The lowest BCUT2D eigenvalue weighted by Crippen LogP contribution is -2.54. The minimum absolute atomic E-state index is 0.0684. The van der Waals surface area contributed by atoms with Crippen LogP contribution in [0.4, 0.5) is 4.79 Å². The monoisotopic (exact) mass is 280 g/mol. The van der Waals surface area contributed by atoms with Crippen molar-refractivity contribution < 1.29 is 14.3 Å². The lowest BCUT2D eigenvalue weighted by molar-refractivity contribution is -0.129. The van der Waals surface area contributed by atoms with Crippen LogP contribution in [0.1, 0.15) is 45.4 Å². The second-order valence-corrected chi connectivity index (χ2v) is 6.66. The minimum atomic E-state index is -0.562. The number of carbonyl (C=O) groups is 2. The maximum atomic E-state index is 12.4. The summed E-state index contributed by atoms with van der Waals surface area (Å²) in [5, 5.41) is 2.55. The molecule has 2 heterocycles. The standard InChI is InChI=1S/C15H24N2O3/c1-11-3-2-6-15(9-11)13(18)16-14(19)17(15)10-12-4-7-20-8-5-12/h11-12H,2-10H2,1H3,(H,16,18,19). The maximum Gasteiger partial charge on any atom is 0.325 e. The van der Waals surface area contributed by atoms with Crippen molar-refractivity contribution in [2.45, 2.75) is 51.0 Å². The molecule has 3 aliphatic rings. The fraction of sp³-hybridized carbons (Fsp3) is 0.867. The number of nitrogens with one attached hydrogen (secondary N) is 1. The first-order valence-corrected chi connectivity index (χ1v) is 7.82. The summed E-state index contributed by atoms with van der Waals surface area (Å²) >= 11 is 0. The van der Waals surface area contributed by atoms with Gasteiger partial charge in [-0.05, 0) is 37.5 Å². The molecule has 1 aliphatic carbocycles. The van der Waals surface area contributed by atoms with E-state index in [-0.39, 0.29) is 11.9 Å². The molecule has 5 heteroatoms. The van der Waals surface area contributed by atoms with Crippen molar-refractivity contribution in [1.82, 2.24) is 10.2 Å². The summed E-state index contributed by atoms with van der Waals surface area (Å²) in [6, 6.07) is -0.185. The molecule has 0 bridgehead atoms. The van der Waals surface area contributed by atoms with Gasteiger partial charge in [0.1, 0.15) is 5.54 Å². The Bertz CT molecular complexity index is 406. The number of ether oxygens (including phenoxy) is 1. The van der Waals surface area contributed by atoms with Crippen molar-refractivity contribution in [1.29, 1.82) is 0 Å². The van der Waals surface area contributed by atoms with E-state index in [4.69, 9.17) is 4.74 Å². The molecule has 5 nitrogen and oxygen atoms in total. The van der Waals surface area contributed by atoms with Crippen molar-refractivity contribution in [3.63, 3.8) is 0 Å². The van der Waals surface area contributed by atoms with E-state index >= 15 is 0 Å². The Kier molecular flexibility index (Phi) is 3.71. The molecular formula is C15H24N2O3. The Hall–Kier alpha value is -1.10. The first kappa shape index (κ1) is 13.9. The van der Waals surface area contributed by atoms with Gasteiger partial charge in [0.2, 0.25) is 0 Å². The van der Waals surface area contributed by atoms with Crippen molar-refractivity contribution in [3.8, 4) is 0 Å². The average Bonchev–Trinajstić information content (AvgIpc) is 2.64. The van der Waals surface area contributed by atoms with E-state index in [9.17, 15) is 9.59 Å². The van der Waals surface area contributed by atoms with Crippen molar-refractivity contribution in [2.75, 3.05) is 19.8 Å². The van der Waals surface area contributed by atoms with Crippen LogP contribution in [-0.2, 0) is 9.53 Å². The van der Waals surface area contributed by atoms with Crippen molar-refractivity contribution in [2.24, 2.45) is 11.8 Å². The van der Waals surface area contributed by atoms with E-state index in [1.807, 2.05) is 4.90 Å². The van der Waals surface area contributed by atoms with Crippen LogP contribution in [0.2, 0.25) is 0 Å². The van der Waals surface area contributed by atoms with Gasteiger partial charge in [0.25, 0.3) is 5.91 Å². The van der Waals surface area contributed by atoms with E-state index in [1.54, 1.807) is 0 Å². The van der Waals surface area contributed by atoms with Gasteiger partial charge in [-0.2, -0.15) is 0 Å². The van der Waals surface area contributed by atoms with Crippen LogP contribution in [0.5, 0.6) is 0 Å². The normalized spacial score (nSPS) is 35.6. The van der Waals surface area contributed by atoms with E-state index in [0.29, 0.717) is 18.4 Å². The van der Waals surface area contributed by atoms with Gasteiger partial charge in [0, 0.05) is 19.8 Å². The number of carbonyl (C=O) groups excluding carboxylic acids is 2. The van der Waals surface area contributed by atoms with E-state index in [2.05, 4.69) is 12.2 Å². The molecule has 0 aromatic carbocycles. The van der Waals surface area contributed by atoms with Crippen LogP contribution in [0.15, 0.2) is 0 Å². The van der Waals surface area contributed by atoms with E-state index in [0.717, 1.165) is 51.7 Å². The highest BCUT2D eigenvalue weighted by Gasteiger charge is 2.54. The summed E-state index contributed by atoms with van der Waals surface area (Å²) in [7, 11) is 0. The lowest BCUT2D eigenvalue weighted by atomic mass is 9.75. The van der Waals surface area contributed by atoms with Gasteiger partial charge >= 0.3 is 6.03 Å². The summed E-state index contributed by atoms with van der Waals surface area (Å²) in [6.07, 6.45) is 5.81. The van der Waals surface area contributed by atoms with Crippen molar-refractivity contribution >= 4 is 11.9 Å². The number of rotatable bonds is 2. The van der Waals surface area contributed by atoms with Crippen LogP contribution >= 0.6 is 0 Å². The van der Waals surface area contributed by atoms with E-state index < -0.39 is 5.54 Å². The zero-order valence-electron chi connectivity index (χ0n) is 12.2. The van der Waals surface area contributed by atoms with Gasteiger partial charge in [0.05, 0.1) is 0 Å². The van der Waals surface area contributed by atoms with Gasteiger partial charge in [-0.1, -0.05) is 19.8 Å². The van der Waals surface area contributed by atoms with Gasteiger partial charge in [0.15, 0.2) is 0 Å². The van der Waals surface area contributed by atoms with Gasteiger partial charge in [-0.25, -0.2) is 4.79 Å². The molecule has 0 aromatic rings. The number of hydrogen-bond donors (Lipinski definition) is 1. The number of nitrogens with zero attached hydrogens (tertiary/aromatic N) is 1. The number of amides is 3. The molecule has 2 aliphatic heterocycles. The molecule has 0 radical (unpaired) electrons. The fourth-order valence-corrected chi connectivity index (χ4v) is 4.02. The maximum absolute atomic E-state index is 12.4. The molecule has 3 fully saturated rings. The predicted molar refractivity (Wildman–Crippen MR) is 74.2 cm³/mol. The Morgan fingerprint density at radius 1 is 1.30 bits per heavy atom. The van der Waals surface area contributed by atoms with Crippen molar-refractivity contribution in [3.05, 3.63) is 0 Å². The molecule has 2 atom stereocenters. The van der Waals surface area contributed by atoms with E-state index in [1.165, 1.54) is 0 Å². The zero-order chi connectivity index (χ0) is 14.2. The molecule has 1 N–H and O–H groups in total. The largest absolute Gasteiger partial charge is 0.381 e. The Morgan fingerprint density at radius 2 is 2.05 bits per heavy atom. The second-order valence-electron chi connectivity index (χ2n) is 6.66. The third-order valence-electron chi connectivity index (χ3n) is 5.16. The Morgan fingerprint density at radius 3 is 2.75 bits per heavy atom. The number of urea groups is 1. The Labute approximate surface area is 120 Å². The first-order valence-electron chi connectivity index (χ1n) is 7.82. The highest BCUT2D eigenvalue weighted by molar-refractivity contribution is 6.07. The predicted octanol–water partition coefficient (Wildman–Crippen LogP) is 1.91. The van der Waals surface area contributed by atoms with Crippen LogP contribution in [0, 0.1) is 11.8 Å². The molecule has 1 spiro atoms. The Balaban J connectivity index is 1.78. The summed E-state index contributed by atoms with van der Waals surface area (Å²) in [5.41, 5.74) is -0.562. The molecule has 3 amide bonds. The van der Waals surface area contributed by atoms with Gasteiger partial charge in [-0.3, -0.25) is 10.1 Å². The van der Waals surface area contributed by atoms with Crippen LogP contribution in [0.3, 0.4) is 0 Å². The molecule has 1 saturated carbocycles. The van der Waals surface area contributed by atoms with Gasteiger partial charge < -0.3 is 9.64 Å². The smallest absolute Gasteiger partial charge is 0.325 e. The summed E-state index contributed by atoms with van der Waals surface area (Å²) in [4.78, 5) is 26.4. The molecule has 0 aromatic heterocycles. The third-order valence-corrected chi connectivity index (χ3v) is 5.16. The fourth-order valence-electron chi connectivity index (χ4n) is 4.02. The minimum Gasteiger partial charge on any atom is -0.381 e. The zero-order valence-corrected chi connectivity index (χ0v) is 12.2.